The SMILES string of the molecule is CNCc1cc(C(F)(F)F)ccc1C(F)(F)F. The van der Waals surface area contributed by atoms with E-state index in [2.05, 4.69) is 5.32 Å². The van der Waals surface area contributed by atoms with Crippen LogP contribution in [0.3, 0.4) is 0 Å². The molecule has 0 atom stereocenters. The van der Waals surface area contributed by atoms with Gasteiger partial charge in [0.25, 0.3) is 0 Å². The molecule has 0 fully saturated rings. The Balaban J connectivity index is 3.27. The molecule has 0 bridgehead atoms. The van der Waals surface area contributed by atoms with Crippen LogP contribution in [-0.2, 0) is 18.9 Å². The highest BCUT2D eigenvalue weighted by molar-refractivity contribution is 5.35. The molecule has 0 radical (unpaired) electrons. The van der Waals surface area contributed by atoms with Crippen LogP contribution in [0.2, 0.25) is 0 Å². The second kappa shape index (κ2) is 4.56. The van der Waals surface area contributed by atoms with Crippen molar-refractivity contribution in [3.05, 3.63) is 34.9 Å². The second-order valence-electron chi connectivity index (χ2n) is 3.40. The van der Waals surface area contributed by atoms with Crippen LogP contribution in [0.5, 0.6) is 0 Å². The van der Waals surface area contributed by atoms with Crippen LogP contribution in [0.15, 0.2) is 18.2 Å². The first-order chi connectivity index (χ1) is 7.66. The summed E-state index contributed by atoms with van der Waals surface area (Å²) in [5.41, 5.74) is -2.56. The minimum absolute atomic E-state index is 0.279. The van der Waals surface area contributed by atoms with Crippen molar-refractivity contribution in [2.45, 2.75) is 18.9 Å². The lowest BCUT2D eigenvalue weighted by molar-refractivity contribution is -0.141. The van der Waals surface area contributed by atoms with Crippen LogP contribution in [0.4, 0.5) is 26.3 Å². The fraction of sp³-hybridized carbons (Fsp3) is 0.400. The summed E-state index contributed by atoms with van der Waals surface area (Å²) in [6.07, 6.45) is -9.30. The third-order valence-corrected chi connectivity index (χ3v) is 2.11. The summed E-state index contributed by atoms with van der Waals surface area (Å²) in [5, 5.41) is 2.41. The summed E-state index contributed by atoms with van der Waals surface area (Å²) in [7, 11) is 1.36. The Bertz CT molecular complexity index is 393. The number of benzene rings is 1. The van der Waals surface area contributed by atoms with E-state index < -0.39 is 29.0 Å². The highest BCUT2D eigenvalue weighted by atomic mass is 19.4. The Hall–Kier alpha value is -1.24. The number of rotatable bonds is 2. The van der Waals surface area contributed by atoms with Crippen molar-refractivity contribution in [2.75, 3.05) is 7.05 Å². The number of hydrogen-bond acceptors (Lipinski definition) is 1. The highest BCUT2D eigenvalue weighted by Gasteiger charge is 2.36. The fourth-order valence-electron chi connectivity index (χ4n) is 1.38. The summed E-state index contributed by atoms with van der Waals surface area (Å²) in [5.74, 6) is 0. The van der Waals surface area contributed by atoms with E-state index in [4.69, 9.17) is 0 Å². The first-order valence-corrected chi connectivity index (χ1v) is 4.58. The number of alkyl halides is 6. The molecular formula is C10H9F6N. The molecule has 0 aliphatic heterocycles. The molecule has 0 saturated heterocycles. The molecule has 0 amide bonds. The highest BCUT2D eigenvalue weighted by Crippen LogP contribution is 2.36. The van der Waals surface area contributed by atoms with Gasteiger partial charge in [-0.2, -0.15) is 26.3 Å². The van der Waals surface area contributed by atoms with Crippen molar-refractivity contribution >= 4 is 0 Å². The number of nitrogens with one attached hydrogen (secondary N) is 1. The number of halogens is 6. The van der Waals surface area contributed by atoms with E-state index in [0.29, 0.717) is 18.2 Å². The molecule has 17 heavy (non-hydrogen) atoms. The summed E-state index contributed by atoms with van der Waals surface area (Å²) >= 11 is 0. The van der Waals surface area contributed by atoms with E-state index in [1.807, 2.05) is 0 Å². The average Bonchev–Trinajstić information content (AvgIpc) is 2.15. The molecule has 0 saturated carbocycles. The molecule has 0 aliphatic rings. The zero-order valence-electron chi connectivity index (χ0n) is 8.71. The Morgan fingerprint density at radius 1 is 1.00 bits per heavy atom. The summed E-state index contributed by atoms with van der Waals surface area (Å²) in [6, 6.07) is 1.40. The lowest BCUT2D eigenvalue weighted by atomic mass is 10.0. The molecule has 1 aromatic carbocycles. The van der Waals surface area contributed by atoms with Crippen molar-refractivity contribution in [3.63, 3.8) is 0 Å². The maximum absolute atomic E-state index is 12.5. The van der Waals surface area contributed by atoms with Gasteiger partial charge in [0.05, 0.1) is 11.1 Å². The first-order valence-electron chi connectivity index (χ1n) is 4.58. The predicted octanol–water partition coefficient (Wildman–Crippen LogP) is 3.44. The molecule has 0 aromatic heterocycles. The van der Waals surface area contributed by atoms with Crippen molar-refractivity contribution < 1.29 is 26.3 Å². The zero-order valence-corrected chi connectivity index (χ0v) is 8.71. The van der Waals surface area contributed by atoms with Gasteiger partial charge in [0, 0.05) is 6.54 Å². The van der Waals surface area contributed by atoms with Crippen molar-refractivity contribution in [3.8, 4) is 0 Å². The normalized spacial score (nSPS) is 12.9. The van der Waals surface area contributed by atoms with Gasteiger partial charge in [0.2, 0.25) is 0 Å². The van der Waals surface area contributed by atoms with Gasteiger partial charge in [0.15, 0.2) is 0 Å². The molecule has 96 valence electrons. The molecule has 0 unspecified atom stereocenters. The fourth-order valence-corrected chi connectivity index (χ4v) is 1.38. The third-order valence-electron chi connectivity index (χ3n) is 2.11. The van der Waals surface area contributed by atoms with Crippen LogP contribution in [0, 0.1) is 0 Å². The van der Waals surface area contributed by atoms with Crippen LogP contribution < -0.4 is 5.32 Å². The van der Waals surface area contributed by atoms with Gasteiger partial charge >= 0.3 is 12.4 Å². The molecule has 1 rings (SSSR count). The molecule has 0 aliphatic carbocycles. The summed E-state index contributed by atoms with van der Waals surface area (Å²) < 4.78 is 74.5. The van der Waals surface area contributed by atoms with Gasteiger partial charge in [-0.25, -0.2) is 0 Å². The summed E-state index contributed by atoms with van der Waals surface area (Å²) in [6.45, 7) is -0.279. The van der Waals surface area contributed by atoms with Gasteiger partial charge in [-0.1, -0.05) is 0 Å². The quantitative estimate of drug-likeness (QED) is 0.800. The predicted molar refractivity (Wildman–Crippen MR) is 49.2 cm³/mol. The number of hydrogen-bond donors (Lipinski definition) is 1. The topological polar surface area (TPSA) is 12.0 Å². The standard InChI is InChI=1S/C10H9F6N/c1-17-5-6-4-7(9(11,12)13)2-3-8(6)10(14,15)16/h2-4,17H,5H2,1H3. The lowest BCUT2D eigenvalue weighted by Gasteiger charge is -2.15. The average molecular weight is 257 g/mol. The van der Waals surface area contributed by atoms with E-state index >= 15 is 0 Å². The van der Waals surface area contributed by atoms with E-state index in [1.165, 1.54) is 7.05 Å². The Labute approximate surface area is 93.4 Å². The zero-order chi connectivity index (χ0) is 13.3. The van der Waals surface area contributed by atoms with Crippen LogP contribution in [-0.4, -0.2) is 7.05 Å². The van der Waals surface area contributed by atoms with Crippen molar-refractivity contribution in [1.82, 2.24) is 5.32 Å². The molecule has 1 aromatic rings. The van der Waals surface area contributed by atoms with Crippen molar-refractivity contribution in [2.24, 2.45) is 0 Å². The first kappa shape index (κ1) is 13.8. The van der Waals surface area contributed by atoms with Gasteiger partial charge in [0.1, 0.15) is 0 Å². The Morgan fingerprint density at radius 3 is 2.00 bits per heavy atom. The van der Waals surface area contributed by atoms with Gasteiger partial charge in [-0.05, 0) is 30.8 Å². The van der Waals surface area contributed by atoms with Gasteiger partial charge in [-0.3, -0.25) is 0 Å². The smallest absolute Gasteiger partial charge is 0.316 e. The molecule has 1 nitrogen and oxygen atoms in total. The van der Waals surface area contributed by atoms with Crippen LogP contribution in [0.25, 0.3) is 0 Å². The monoisotopic (exact) mass is 257 g/mol. The largest absolute Gasteiger partial charge is 0.416 e. The van der Waals surface area contributed by atoms with E-state index in [0.717, 1.165) is 0 Å². The van der Waals surface area contributed by atoms with Crippen LogP contribution in [0.1, 0.15) is 16.7 Å². The van der Waals surface area contributed by atoms with Crippen LogP contribution >= 0.6 is 0 Å². The molecule has 7 heteroatoms. The van der Waals surface area contributed by atoms with Crippen molar-refractivity contribution in [1.29, 1.82) is 0 Å². The lowest BCUT2D eigenvalue weighted by Crippen LogP contribution is -2.16. The molecule has 1 N–H and O–H groups in total. The van der Waals surface area contributed by atoms with Gasteiger partial charge < -0.3 is 5.32 Å². The Morgan fingerprint density at radius 2 is 1.59 bits per heavy atom. The van der Waals surface area contributed by atoms with E-state index in [1.54, 1.807) is 0 Å². The molecule has 0 spiro atoms. The maximum Gasteiger partial charge on any atom is 0.416 e. The minimum atomic E-state index is -4.66. The molecular weight excluding hydrogens is 248 g/mol. The van der Waals surface area contributed by atoms with E-state index in [9.17, 15) is 26.3 Å². The van der Waals surface area contributed by atoms with E-state index in [-0.39, 0.29) is 6.54 Å². The third kappa shape index (κ3) is 3.36. The molecule has 0 heterocycles. The Kier molecular flexibility index (Phi) is 3.71. The summed E-state index contributed by atoms with van der Waals surface area (Å²) in [4.78, 5) is 0. The second-order valence-corrected chi connectivity index (χ2v) is 3.40. The minimum Gasteiger partial charge on any atom is -0.316 e. The van der Waals surface area contributed by atoms with Gasteiger partial charge in [-0.15, -0.1) is 0 Å². The maximum atomic E-state index is 12.5.